The molecule has 3 N–H and O–H groups in total. The van der Waals surface area contributed by atoms with Crippen LogP contribution < -0.4 is 11.1 Å². The van der Waals surface area contributed by atoms with Crippen molar-refractivity contribution in [3.8, 4) is 0 Å². The molecule has 1 rings (SSSR count). The van der Waals surface area contributed by atoms with Crippen molar-refractivity contribution in [2.75, 3.05) is 17.3 Å². The number of aromatic nitrogens is 2. The summed E-state index contributed by atoms with van der Waals surface area (Å²) in [6.45, 7) is 6.64. The zero-order valence-electron chi connectivity index (χ0n) is 11.0. The highest BCUT2D eigenvalue weighted by Gasteiger charge is 2.06. The van der Waals surface area contributed by atoms with Crippen LogP contribution in [0.1, 0.15) is 33.6 Å². The fourth-order valence-electron chi connectivity index (χ4n) is 1.52. The molecule has 1 aromatic rings. The van der Waals surface area contributed by atoms with E-state index in [4.69, 9.17) is 5.73 Å². The van der Waals surface area contributed by atoms with Gasteiger partial charge in [-0.1, -0.05) is 25.6 Å². The maximum absolute atomic E-state index is 5.73. The van der Waals surface area contributed by atoms with E-state index in [0.717, 1.165) is 18.2 Å². The lowest BCUT2D eigenvalue weighted by Crippen LogP contribution is -2.17. The molecule has 0 amide bonds. The molecule has 0 aliphatic carbocycles. The number of thioether (sulfide) groups is 1. The number of nitrogens with two attached hydrogens (primary N) is 1. The highest BCUT2D eigenvalue weighted by atomic mass is 32.2. The Kier molecular flexibility index (Phi) is 5.55. The summed E-state index contributed by atoms with van der Waals surface area (Å²) in [5.41, 5.74) is 5.73. The molecule has 1 heterocycles. The molecule has 0 fully saturated rings. The predicted molar refractivity (Wildman–Crippen MR) is 75.4 cm³/mol. The van der Waals surface area contributed by atoms with Crippen LogP contribution >= 0.6 is 11.8 Å². The molecule has 0 aliphatic heterocycles. The van der Waals surface area contributed by atoms with Crippen LogP contribution in [0, 0.1) is 5.92 Å². The molecule has 4 nitrogen and oxygen atoms in total. The van der Waals surface area contributed by atoms with Gasteiger partial charge < -0.3 is 11.1 Å². The number of nitrogens with zero attached hydrogens (tertiary/aromatic N) is 2. The number of rotatable bonds is 6. The zero-order chi connectivity index (χ0) is 12.8. The van der Waals surface area contributed by atoms with Gasteiger partial charge in [0.1, 0.15) is 11.6 Å². The van der Waals surface area contributed by atoms with Gasteiger partial charge in [0.15, 0.2) is 5.16 Å². The summed E-state index contributed by atoms with van der Waals surface area (Å²) in [5, 5.41) is 4.08. The summed E-state index contributed by atoms with van der Waals surface area (Å²) in [5.74, 6) is 2.07. The number of nitrogens with one attached hydrogen (secondary N) is 1. The van der Waals surface area contributed by atoms with Gasteiger partial charge in [-0.15, -0.1) is 0 Å². The van der Waals surface area contributed by atoms with Crippen molar-refractivity contribution in [2.24, 2.45) is 5.92 Å². The largest absolute Gasteiger partial charge is 0.383 e. The third-order valence-electron chi connectivity index (χ3n) is 2.48. The van der Waals surface area contributed by atoms with Gasteiger partial charge in [0.2, 0.25) is 0 Å². The van der Waals surface area contributed by atoms with Gasteiger partial charge in [-0.2, -0.15) is 0 Å². The maximum Gasteiger partial charge on any atom is 0.191 e. The first-order valence-electron chi connectivity index (χ1n) is 5.96. The number of nitrogen functional groups attached to an aromatic ring is 1. The Labute approximate surface area is 108 Å². The second kappa shape index (κ2) is 6.69. The maximum atomic E-state index is 5.73. The van der Waals surface area contributed by atoms with Crippen molar-refractivity contribution in [1.82, 2.24) is 9.97 Å². The van der Waals surface area contributed by atoms with E-state index in [1.165, 1.54) is 18.2 Å². The minimum absolute atomic E-state index is 0.404. The van der Waals surface area contributed by atoms with Gasteiger partial charge >= 0.3 is 0 Å². The topological polar surface area (TPSA) is 63.8 Å². The predicted octanol–water partition coefficient (Wildman–Crippen LogP) is 3.02. The van der Waals surface area contributed by atoms with Crippen molar-refractivity contribution >= 4 is 23.4 Å². The number of hydrogen-bond donors (Lipinski definition) is 2. The minimum Gasteiger partial charge on any atom is -0.383 e. The van der Waals surface area contributed by atoms with Crippen molar-refractivity contribution in [1.29, 1.82) is 0 Å². The van der Waals surface area contributed by atoms with Gasteiger partial charge in [0.25, 0.3) is 0 Å². The first-order chi connectivity index (χ1) is 8.01. The van der Waals surface area contributed by atoms with Gasteiger partial charge in [0, 0.05) is 12.1 Å². The molecule has 0 saturated carbocycles. The highest BCUT2D eigenvalue weighted by molar-refractivity contribution is 7.98. The molecule has 1 unspecified atom stereocenters. The van der Waals surface area contributed by atoms with E-state index in [9.17, 15) is 0 Å². The molecule has 0 radical (unpaired) electrons. The first-order valence-corrected chi connectivity index (χ1v) is 7.18. The van der Waals surface area contributed by atoms with Crippen LogP contribution in [-0.4, -0.2) is 22.3 Å². The summed E-state index contributed by atoms with van der Waals surface area (Å²) in [6, 6.07) is 2.19. The average molecular weight is 254 g/mol. The molecule has 0 saturated heterocycles. The van der Waals surface area contributed by atoms with Gasteiger partial charge in [0.05, 0.1) is 0 Å². The summed E-state index contributed by atoms with van der Waals surface area (Å²) in [6.07, 6.45) is 4.29. The van der Waals surface area contributed by atoms with Gasteiger partial charge in [-0.3, -0.25) is 0 Å². The average Bonchev–Trinajstić information content (AvgIpc) is 2.25. The lowest BCUT2D eigenvalue weighted by Gasteiger charge is -2.16. The molecular weight excluding hydrogens is 232 g/mol. The Bertz CT molecular complexity index is 354. The minimum atomic E-state index is 0.404. The number of hydrogen-bond acceptors (Lipinski definition) is 5. The summed E-state index contributed by atoms with van der Waals surface area (Å²) in [7, 11) is 0. The van der Waals surface area contributed by atoms with Crippen LogP contribution in [0.2, 0.25) is 0 Å². The molecule has 1 aromatic heterocycles. The Morgan fingerprint density at radius 3 is 2.59 bits per heavy atom. The highest BCUT2D eigenvalue weighted by Crippen LogP contribution is 2.17. The quantitative estimate of drug-likeness (QED) is 0.603. The van der Waals surface area contributed by atoms with Crippen LogP contribution in [0.4, 0.5) is 11.6 Å². The lowest BCUT2D eigenvalue weighted by atomic mass is 10.0. The fraction of sp³-hybridized carbons (Fsp3) is 0.667. The van der Waals surface area contributed by atoms with Gasteiger partial charge in [-0.25, -0.2) is 9.97 Å². The van der Waals surface area contributed by atoms with Gasteiger partial charge in [-0.05, 0) is 31.9 Å². The third-order valence-corrected chi connectivity index (χ3v) is 3.03. The fourth-order valence-corrected chi connectivity index (χ4v) is 1.90. The second-order valence-electron chi connectivity index (χ2n) is 4.68. The molecule has 0 spiro atoms. The van der Waals surface area contributed by atoms with E-state index >= 15 is 0 Å². The van der Waals surface area contributed by atoms with Crippen molar-refractivity contribution in [3.05, 3.63) is 6.07 Å². The molecule has 96 valence electrons. The molecule has 17 heavy (non-hydrogen) atoms. The molecule has 0 aromatic carbocycles. The number of anilines is 2. The van der Waals surface area contributed by atoms with Crippen molar-refractivity contribution in [2.45, 2.75) is 44.8 Å². The smallest absolute Gasteiger partial charge is 0.191 e. The van der Waals surface area contributed by atoms with E-state index in [0.29, 0.717) is 17.0 Å². The molecule has 5 heteroatoms. The van der Waals surface area contributed by atoms with Crippen LogP contribution in [0.5, 0.6) is 0 Å². The molecular formula is C12H22N4S. The monoisotopic (exact) mass is 254 g/mol. The molecule has 0 aliphatic rings. The Hall–Kier alpha value is -0.970. The van der Waals surface area contributed by atoms with Crippen LogP contribution in [-0.2, 0) is 0 Å². The van der Waals surface area contributed by atoms with Crippen molar-refractivity contribution < 1.29 is 0 Å². The summed E-state index contributed by atoms with van der Waals surface area (Å²) >= 11 is 1.50. The van der Waals surface area contributed by atoms with Crippen LogP contribution in [0.3, 0.4) is 0 Å². The van der Waals surface area contributed by atoms with E-state index in [2.05, 4.69) is 36.1 Å². The Morgan fingerprint density at radius 1 is 1.29 bits per heavy atom. The van der Waals surface area contributed by atoms with E-state index < -0.39 is 0 Å². The third kappa shape index (κ3) is 5.26. The van der Waals surface area contributed by atoms with E-state index in [1.807, 2.05) is 6.26 Å². The SMILES string of the molecule is CSc1nc(N)cc(NC(C)CCC(C)C)n1. The van der Waals surface area contributed by atoms with E-state index in [-0.39, 0.29) is 0 Å². The lowest BCUT2D eigenvalue weighted by molar-refractivity contribution is 0.527. The zero-order valence-corrected chi connectivity index (χ0v) is 11.8. The molecule has 1 atom stereocenters. The summed E-state index contributed by atoms with van der Waals surface area (Å²) < 4.78 is 0. The second-order valence-corrected chi connectivity index (χ2v) is 5.45. The first kappa shape index (κ1) is 14.1. The standard InChI is InChI=1S/C12H22N4S/c1-8(2)5-6-9(3)14-11-7-10(13)15-12(16-11)17-4/h7-9H,5-6H2,1-4H3,(H3,13,14,15,16). The Balaban J connectivity index is 2.58. The van der Waals surface area contributed by atoms with Crippen LogP contribution in [0.25, 0.3) is 0 Å². The summed E-state index contributed by atoms with van der Waals surface area (Å²) in [4.78, 5) is 8.50. The molecule has 0 bridgehead atoms. The normalized spacial score (nSPS) is 12.8. The Morgan fingerprint density at radius 2 is 2.00 bits per heavy atom. The van der Waals surface area contributed by atoms with E-state index in [1.54, 1.807) is 6.07 Å². The van der Waals surface area contributed by atoms with Crippen molar-refractivity contribution in [3.63, 3.8) is 0 Å². The van der Waals surface area contributed by atoms with Crippen LogP contribution in [0.15, 0.2) is 11.2 Å².